The zero-order valence-electron chi connectivity index (χ0n) is 21.7. The molecule has 0 bridgehead atoms. The fraction of sp³-hybridized carbons (Fsp3) is 0.429. The van der Waals surface area contributed by atoms with Gasteiger partial charge in [-0.25, -0.2) is 9.59 Å². The van der Waals surface area contributed by atoms with Crippen molar-refractivity contribution in [3.63, 3.8) is 0 Å². The summed E-state index contributed by atoms with van der Waals surface area (Å²) in [6.45, 7) is 12.9. The molecule has 3 rings (SSSR count). The Kier molecular flexibility index (Phi) is 8.10. The monoisotopic (exact) mass is 480 g/mol. The average molecular weight is 481 g/mol. The smallest absolute Gasteiger partial charge is 0.338 e. The molecule has 0 spiro atoms. The summed E-state index contributed by atoms with van der Waals surface area (Å²) < 4.78 is 17.1. The van der Waals surface area contributed by atoms with E-state index in [2.05, 4.69) is 55.7 Å². The first-order valence-corrected chi connectivity index (χ1v) is 11.8. The number of benzene rings is 2. The molecule has 1 atom stereocenters. The number of methoxy groups -OCH3 is 1. The second-order valence-electron chi connectivity index (χ2n) is 10.2. The first-order valence-electron chi connectivity index (χ1n) is 11.8. The molecule has 7 heteroatoms. The number of carbonyl (C=O) groups is 2. The Hall–Kier alpha value is -3.48. The zero-order chi connectivity index (χ0) is 25.8. The molecule has 188 valence electrons. The maximum absolute atomic E-state index is 12.8. The lowest BCUT2D eigenvalue weighted by Crippen LogP contribution is -2.45. The van der Waals surface area contributed by atoms with Gasteiger partial charge < -0.3 is 24.8 Å². The Balaban J connectivity index is 1.81. The van der Waals surface area contributed by atoms with Gasteiger partial charge in [-0.15, -0.1) is 0 Å². The van der Waals surface area contributed by atoms with Crippen molar-refractivity contribution in [3.05, 3.63) is 70.4 Å². The van der Waals surface area contributed by atoms with E-state index in [1.165, 1.54) is 5.56 Å². The van der Waals surface area contributed by atoms with E-state index < -0.39 is 12.0 Å². The number of esters is 1. The summed E-state index contributed by atoms with van der Waals surface area (Å²) in [4.78, 5) is 25.0. The molecule has 0 aromatic heterocycles. The van der Waals surface area contributed by atoms with Crippen LogP contribution >= 0.6 is 0 Å². The van der Waals surface area contributed by atoms with Crippen LogP contribution in [0.25, 0.3) is 0 Å². The number of urea groups is 1. The standard InChI is InChI=1S/C28H36N2O5/c1-17(2)15-35-26(31)24-18(3)29-27(32)30-25(24)20-10-13-22(23(14-20)33-7)34-16-19-8-11-21(12-9-19)28(4,5)6/h8-14,17,25H,15-16H2,1-7H3,(H2,29,30,32). The van der Waals surface area contributed by atoms with Gasteiger partial charge in [-0.3, -0.25) is 0 Å². The number of allylic oxidation sites excluding steroid dienone is 1. The summed E-state index contributed by atoms with van der Waals surface area (Å²) in [6, 6.07) is 12.7. The molecule has 1 aliphatic rings. The molecule has 0 radical (unpaired) electrons. The largest absolute Gasteiger partial charge is 0.493 e. The third-order valence-electron chi connectivity index (χ3n) is 5.77. The van der Waals surface area contributed by atoms with Crippen molar-refractivity contribution in [3.8, 4) is 11.5 Å². The van der Waals surface area contributed by atoms with E-state index in [0.29, 0.717) is 41.5 Å². The maximum Gasteiger partial charge on any atom is 0.338 e. The molecule has 0 fully saturated rings. The molecular formula is C28H36N2O5. The van der Waals surface area contributed by atoms with Crippen LogP contribution in [0.2, 0.25) is 0 Å². The highest BCUT2D eigenvalue weighted by Gasteiger charge is 2.33. The summed E-state index contributed by atoms with van der Waals surface area (Å²) in [5.74, 6) is 0.813. The second-order valence-corrected chi connectivity index (χ2v) is 10.2. The Labute approximate surface area is 207 Å². The number of carbonyl (C=O) groups excluding carboxylic acids is 2. The van der Waals surface area contributed by atoms with E-state index in [1.807, 2.05) is 19.9 Å². The van der Waals surface area contributed by atoms with Gasteiger partial charge in [0, 0.05) is 5.70 Å². The van der Waals surface area contributed by atoms with Crippen molar-refractivity contribution >= 4 is 12.0 Å². The Bertz CT molecular complexity index is 1100. The Morgan fingerprint density at radius 1 is 1.06 bits per heavy atom. The fourth-order valence-corrected chi connectivity index (χ4v) is 3.78. The molecule has 0 saturated carbocycles. The van der Waals surface area contributed by atoms with Crippen molar-refractivity contribution in [1.29, 1.82) is 0 Å². The Morgan fingerprint density at radius 2 is 1.74 bits per heavy atom. The lowest BCUT2D eigenvalue weighted by molar-refractivity contribution is -0.140. The SMILES string of the molecule is COc1cc(C2NC(=O)NC(C)=C2C(=O)OCC(C)C)ccc1OCc1ccc(C(C)(C)C)cc1. The molecule has 1 heterocycles. The average Bonchev–Trinajstić information content (AvgIpc) is 2.80. The molecule has 0 aliphatic carbocycles. The lowest BCUT2D eigenvalue weighted by Gasteiger charge is -2.28. The van der Waals surface area contributed by atoms with E-state index >= 15 is 0 Å². The predicted octanol–water partition coefficient (Wildman–Crippen LogP) is 5.40. The van der Waals surface area contributed by atoms with Crippen molar-refractivity contribution < 1.29 is 23.8 Å². The number of hydrogen-bond donors (Lipinski definition) is 2. The third-order valence-corrected chi connectivity index (χ3v) is 5.77. The first-order chi connectivity index (χ1) is 16.5. The number of nitrogens with one attached hydrogen (secondary N) is 2. The van der Waals surface area contributed by atoms with Gasteiger partial charge in [0.1, 0.15) is 6.61 Å². The number of ether oxygens (including phenoxy) is 3. The van der Waals surface area contributed by atoms with E-state index in [-0.39, 0.29) is 17.4 Å². The molecule has 2 amide bonds. The van der Waals surface area contributed by atoms with Crippen LogP contribution in [-0.2, 0) is 21.6 Å². The lowest BCUT2D eigenvalue weighted by atomic mass is 9.87. The van der Waals surface area contributed by atoms with Gasteiger partial charge in [0.15, 0.2) is 11.5 Å². The van der Waals surface area contributed by atoms with Crippen LogP contribution in [0.1, 0.15) is 64.3 Å². The second kappa shape index (κ2) is 10.8. The molecule has 1 aliphatic heterocycles. The zero-order valence-corrected chi connectivity index (χ0v) is 21.7. The third kappa shape index (κ3) is 6.56. The van der Waals surface area contributed by atoms with Gasteiger partial charge in [0.2, 0.25) is 0 Å². The van der Waals surface area contributed by atoms with Gasteiger partial charge in [-0.2, -0.15) is 0 Å². The van der Waals surface area contributed by atoms with E-state index in [4.69, 9.17) is 14.2 Å². The summed E-state index contributed by atoms with van der Waals surface area (Å²) in [7, 11) is 1.56. The van der Waals surface area contributed by atoms with Crippen molar-refractivity contribution in [1.82, 2.24) is 10.6 Å². The van der Waals surface area contributed by atoms with Crippen LogP contribution in [0.3, 0.4) is 0 Å². The summed E-state index contributed by atoms with van der Waals surface area (Å²) >= 11 is 0. The molecule has 2 aromatic carbocycles. The summed E-state index contributed by atoms with van der Waals surface area (Å²) in [5, 5.41) is 5.48. The normalized spacial score (nSPS) is 16.0. The Morgan fingerprint density at radius 3 is 2.34 bits per heavy atom. The molecule has 2 N–H and O–H groups in total. The van der Waals surface area contributed by atoms with Crippen LogP contribution in [0.15, 0.2) is 53.7 Å². The molecular weight excluding hydrogens is 444 g/mol. The highest BCUT2D eigenvalue weighted by molar-refractivity contribution is 5.95. The van der Waals surface area contributed by atoms with Gasteiger partial charge >= 0.3 is 12.0 Å². The fourth-order valence-electron chi connectivity index (χ4n) is 3.78. The molecule has 2 aromatic rings. The predicted molar refractivity (Wildman–Crippen MR) is 135 cm³/mol. The van der Waals surface area contributed by atoms with E-state index in [1.54, 1.807) is 26.2 Å². The minimum Gasteiger partial charge on any atom is -0.493 e. The molecule has 35 heavy (non-hydrogen) atoms. The highest BCUT2D eigenvalue weighted by Crippen LogP contribution is 2.35. The minimum absolute atomic E-state index is 0.0926. The topological polar surface area (TPSA) is 85.9 Å². The van der Waals surface area contributed by atoms with Crippen molar-refractivity contribution in [2.45, 2.75) is 59.6 Å². The van der Waals surface area contributed by atoms with Crippen LogP contribution < -0.4 is 20.1 Å². The number of rotatable bonds is 8. The maximum atomic E-state index is 12.8. The van der Waals surface area contributed by atoms with Gasteiger partial charge in [0.25, 0.3) is 0 Å². The highest BCUT2D eigenvalue weighted by atomic mass is 16.5. The minimum atomic E-state index is -0.670. The van der Waals surface area contributed by atoms with Crippen LogP contribution in [-0.4, -0.2) is 25.7 Å². The first kappa shape index (κ1) is 26.1. The molecule has 7 nitrogen and oxygen atoms in total. The number of amides is 2. The van der Waals surface area contributed by atoms with Crippen molar-refractivity contribution in [2.24, 2.45) is 5.92 Å². The quantitative estimate of drug-likeness (QED) is 0.494. The van der Waals surface area contributed by atoms with Crippen LogP contribution in [0.4, 0.5) is 4.79 Å². The van der Waals surface area contributed by atoms with Crippen LogP contribution in [0.5, 0.6) is 11.5 Å². The summed E-state index contributed by atoms with van der Waals surface area (Å²) in [5.41, 5.74) is 3.91. The van der Waals surface area contributed by atoms with Gasteiger partial charge in [-0.1, -0.05) is 65.0 Å². The van der Waals surface area contributed by atoms with E-state index in [0.717, 1.165) is 5.56 Å². The van der Waals surface area contributed by atoms with Crippen LogP contribution in [0, 0.1) is 5.92 Å². The van der Waals surface area contributed by atoms with Gasteiger partial charge in [-0.05, 0) is 47.1 Å². The van der Waals surface area contributed by atoms with E-state index in [9.17, 15) is 9.59 Å². The summed E-state index contributed by atoms with van der Waals surface area (Å²) in [6.07, 6.45) is 0. The molecule has 1 unspecified atom stereocenters. The van der Waals surface area contributed by atoms with Crippen molar-refractivity contribution in [2.75, 3.05) is 13.7 Å². The molecule has 0 saturated heterocycles. The van der Waals surface area contributed by atoms with Gasteiger partial charge in [0.05, 0.1) is 25.3 Å². The number of hydrogen-bond acceptors (Lipinski definition) is 5.